The van der Waals surface area contributed by atoms with E-state index in [0.29, 0.717) is 6.54 Å². The fraction of sp³-hybridized carbons (Fsp3) is 0.500. The number of nitrogens with zero attached hydrogens (tertiary/aromatic N) is 3. The first kappa shape index (κ1) is 23.2. The number of halogens is 1. The first-order valence-electron chi connectivity index (χ1n) is 12.9. The molecule has 0 spiro atoms. The summed E-state index contributed by atoms with van der Waals surface area (Å²) in [7, 11) is 0. The Morgan fingerprint density at radius 3 is 2.56 bits per heavy atom. The molecule has 5 rings (SSSR count). The number of aliphatic imine (C=N–C) groups is 1. The van der Waals surface area contributed by atoms with Gasteiger partial charge in [0.15, 0.2) is 0 Å². The van der Waals surface area contributed by atoms with Gasteiger partial charge in [-0.15, -0.1) is 0 Å². The van der Waals surface area contributed by atoms with E-state index in [4.69, 9.17) is 4.99 Å². The van der Waals surface area contributed by atoms with Crippen molar-refractivity contribution in [1.29, 1.82) is 0 Å². The highest BCUT2D eigenvalue weighted by molar-refractivity contribution is 5.98. The molecule has 5 nitrogen and oxygen atoms in total. The molecule has 0 atom stereocenters. The number of likely N-dealkylation sites (tertiary alicyclic amines) is 1. The van der Waals surface area contributed by atoms with E-state index in [2.05, 4.69) is 27.1 Å². The van der Waals surface area contributed by atoms with Gasteiger partial charge in [-0.05, 0) is 81.4 Å². The molecule has 1 saturated heterocycles. The number of piperidine rings is 1. The lowest BCUT2D eigenvalue weighted by Gasteiger charge is -2.36. The van der Waals surface area contributed by atoms with E-state index >= 15 is 0 Å². The van der Waals surface area contributed by atoms with Gasteiger partial charge in [0.1, 0.15) is 11.7 Å². The number of benzene rings is 1. The lowest BCUT2D eigenvalue weighted by molar-refractivity contribution is 0.133. The van der Waals surface area contributed by atoms with E-state index in [1.54, 1.807) is 0 Å². The van der Waals surface area contributed by atoms with Crippen LogP contribution in [0.15, 0.2) is 48.1 Å². The number of hydrogen-bond acceptors (Lipinski definition) is 5. The highest BCUT2D eigenvalue weighted by atomic mass is 19.1. The Balaban J connectivity index is 1.16. The zero-order valence-electron chi connectivity index (χ0n) is 20.0. The number of rotatable bonds is 8. The largest absolute Gasteiger partial charge is 0.344 e. The first-order chi connectivity index (χ1) is 16.7. The van der Waals surface area contributed by atoms with Gasteiger partial charge in [-0.1, -0.05) is 31.6 Å². The fourth-order valence-electron chi connectivity index (χ4n) is 5.62. The number of nitrogens with one attached hydrogen (secondary N) is 2. The van der Waals surface area contributed by atoms with Crippen molar-refractivity contribution >= 4 is 17.2 Å². The molecule has 0 bridgehead atoms. The molecule has 180 valence electrons. The van der Waals surface area contributed by atoms with Gasteiger partial charge < -0.3 is 15.5 Å². The molecule has 2 N–H and O–H groups in total. The average molecular weight is 462 g/mol. The minimum atomic E-state index is -0.207. The van der Waals surface area contributed by atoms with Gasteiger partial charge in [0, 0.05) is 36.5 Å². The number of fused-ring (bicyclic) bond motifs is 1. The number of hydrogen-bond donors (Lipinski definition) is 2. The minimum Gasteiger partial charge on any atom is -0.344 e. The normalized spacial score (nSPS) is 19.7. The van der Waals surface area contributed by atoms with Gasteiger partial charge in [-0.25, -0.2) is 9.38 Å². The number of amidine groups is 1. The average Bonchev–Trinajstić information content (AvgIpc) is 3.40. The zero-order chi connectivity index (χ0) is 23.3. The molecule has 1 aromatic carbocycles. The predicted octanol–water partition coefficient (Wildman–Crippen LogP) is 5.20. The van der Waals surface area contributed by atoms with E-state index in [1.807, 2.05) is 24.4 Å². The van der Waals surface area contributed by atoms with Crippen LogP contribution in [-0.4, -0.2) is 41.4 Å². The maximum absolute atomic E-state index is 13.2. The van der Waals surface area contributed by atoms with Crippen LogP contribution in [0.25, 0.3) is 5.70 Å². The van der Waals surface area contributed by atoms with Gasteiger partial charge in [0.05, 0.1) is 11.4 Å². The Morgan fingerprint density at radius 1 is 1.03 bits per heavy atom. The van der Waals surface area contributed by atoms with Crippen LogP contribution in [0.4, 0.5) is 10.1 Å². The van der Waals surface area contributed by atoms with Gasteiger partial charge in [0.25, 0.3) is 0 Å². The molecular weight excluding hydrogens is 425 g/mol. The van der Waals surface area contributed by atoms with Crippen LogP contribution in [0.3, 0.4) is 0 Å². The van der Waals surface area contributed by atoms with Crippen LogP contribution in [0.2, 0.25) is 0 Å². The second-order valence-corrected chi connectivity index (χ2v) is 9.99. The second kappa shape index (κ2) is 10.8. The Kier molecular flexibility index (Phi) is 7.36. The molecule has 1 aromatic heterocycles. The van der Waals surface area contributed by atoms with Crippen molar-refractivity contribution in [1.82, 2.24) is 20.5 Å². The third kappa shape index (κ3) is 5.56. The van der Waals surface area contributed by atoms with Gasteiger partial charge in [0.2, 0.25) is 0 Å². The maximum Gasteiger partial charge on any atom is 0.123 e. The smallest absolute Gasteiger partial charge is 0.123 e. The molecule has 6 heteroatoms. The summed E-state index contributed by atoms with van der Waals surface area (Å²) in [5, 5.41) is 7.01. The predicted molar refractivity (Wildman–Crippen MR) is 136 cm³/mol. The summed E-state index contributed by atoms with van der Waals surface area (Å²) >= 11 is 0. The molecule has 0 amide bonds. The quantitative estimate of drug-likeness (QED) is 0.567. The van der Waals surface area contributed by atoms with Crippen molar-refractivity contribution < 1.29 is 4.39 Å². The van der Waals surface area contributed by atoms with Gasteiger partial charge >= 0.3 is 0 Å². The van der Waals surface area contributed by atoms with E-state index in [9.17, 15) is 4.39 Å². The van der Waals surface area contributed by atoms with E-state index in [-0.39, 0.29) is 5.82 Å². The van der Waals surface area contributed by atoms with E-state index in [1.165, 1.54) is 63.7 Å². The standard InChI is InChI=1S/C28H36FN5/c1-20-25-12-15-31-26(19-30-18-22-13-16-34(17-14-22)24-4-2-3-5-24)28(25)33-27(32-20)11-8-21-6-9-23(29)10-7-21/h6-7,9-10,12,15,22,24,30H,1-5,8,11,13-14,16-19H2,(H,32,33). The molecule has 2 aromatic rings. The summed E-state index contributed by atoms with van der Waals surface area (Å²) in [5.41, 5.74) is 4.87. The SMILES string of the molecule is C=C1NC(CCc2ccc(F)cc2)=Nc2c1ccnc2CNCC1CCN(C2CCCC2)CC1. The molecule has 1 aliphatic carbocycles. The molecule has 2 fully saturated rings. The van der Waals surface area contributed by atoms with Crippen molar-refractivity contribution in [3.8, 4) is 0 Å². The minimum absolute atomic E-state index is 0.207. The maximum atomic E-state index is 13.2. The van der Waals surface area contributed by atoms with Crippen LogP contribution < -0.4 is 10.6 Å². The topological polar surface area (TPSA) is 52.6 Å². The second-order valence-electron chi connectivity index (χ2n) is 9.99. The fourth-order valence-corrected chi connectivity index (χ4v) is 5.62. The van der Waals surface area contributed by atoms with Crippen LogP contribution in [0.5, 0.6) is 0 Å². The highest BCUT2D eigenvalue weighted by Crippen LogP contribution is 2.31. The van der Waals surface area contributed by atoms with E-state index in [0.717, 1.165) is 65.4 Å². The number of aromatic nitrogens is 1. The molecule has 1 saturated carbocycles. The van der Waals surface area contributed by atoms with Crippen molar-refractivity contribution in [2.45, 2.75) is 64.0 Å². The molecule has 0 radical (unpaired) electrons. The Hall–Kier alpha value is -2.57. The summed E-state index contributed by atoms with van der Waals surface area (Å²) in [6, 6.07) is 9.50. The first-order valence-corrected chi connectivity index (χ1v) is 12.9. The molecule has 3 heterocycles. The van der Waals surface area contributed by atoms with Crippen molar-refractivity contribution in [2.24, 2.45) is 10.9 Å². The summed E-state index contributed by atoms with van der Waals surface area (Å²) in [5.74, 6) is 1.42. The van der Waals surface area contributed by atoms with E-state index < -0.39 is 0 Å². The van der Waals surface area contributed by atoms with Gasteiger partial charge in [-0.2, -0.15) is 0 Å². The Labute approximate surface area is 202 Å². The molecule has 0 unspecified atom stereocenters. The van der Waals surface area contributed by atoms with Crippen LogP contribution in [0.1, 0.15) is 61.8 Å². The lowest BCUT2D eigenvalue weighted by atomic mass is 9.95. The van der Waals surface area contributed by atoms with Crippen LogP contribution in [-0.2, 0) is 13.0 Å². The summed E-state index contributed by atoms with van der Waals surface area (Å²) in [4.78, 5) is 12.3. The van der Waals surface area contributed by atoms with Crippen LogP contribution >= 0.6 is 0 Å². The molecular formula is C28H36FN5. The molecule has 2 aliphatic heterocycles. The van der Waals surface area contributed by atoms with Crippen molar-refractivity contribution in [3.05, 3.63) is 65.7 Å². The Morgan fingerprint density at radius 2 is 1.79 bits per heavy atom. The van der Waals surface area contributed by atoms with Crippen LogP contribution in [0, 0.1) is 11.7 Å². The molecule has 34 heavy (non-hydrogen) atoms. The highest BCUT2D eigenvalue weighted by Gasteiger charge is 2.27. The zero-order valence-corrected chi connectivity index (χ0v) is 20.0. The monoisotopic (exact) mass is 461 g/mol. The number of aryl methyl sites for hydroxylation is 1. The van der Waals surface area contributed by atoms with Crippen molar-refractivity contribution in [3.63, 3.8) is 0 Å². The van der Waals surface area contributed by atoms with Gasteiger partial charge in [-0.3, -0.25) is 4.98 Å². The summed E-state index contributed by atoms with van der Waals surface area (Å²) in [6.07, 6.45) is 11.6. The number of pyridine rings is 1. The molecule has 3 aliphatic rings. The third-order valence-corrected chi connectivity index (χ3v) is 7.65. The summed E-state index contributed by atoms with van der Waals surface area (Å²) < 4.78 is 13.2. The lowest BCUT2D eigenvalue weighted by Crippen LogP contribution is -2.42. The van der Waals surface area contributed by atoms with Crippen molar-refractivity contribution in [2.75, 3.05) is 19.6 Å². The third-order valence-electron chi connectivity index (χ3n) is 7.65. The Bertz CT molecular complexity index is 1020. The summed E-state index contributed by atoms with van der Waals surface area (Å²) in [6.45, 7) is 8.47.